The van der Waals surface area contributed by atoms with Gasteiger partial charge in [-0.3, -0.25) is 9.78 Å². The van der Waals surface area contributed by atoms with E-state index in [1.54, 1.807) is 20.8 Å². The molecule has 2 N–H and O–H groups in total. The summed E-state index contributed by atoms with van der Waals surface area (Å²) < 4.78 is 35.2. The normalized spacial score (nSPS) is 11.4. The van der Waals surface area contributed by atoms with E-state index >= 15 is 0 Å². The standard InChI is InChI=1S/C6H4F3N.C5H11NO/c7-6(8,9)5-2-1-3-10-4-5;1-5(2,3)4(6)7/h1-4H;1-3H3,(H2,6,7). The maximum absolute atomic E-state index is 11.7. The van der Waals surface area contributed by atoms with Crippen molar-refractivity contribution >= 4 is 5.91 Å². The monoisotopic (exact) mass is 248 g/mol. The predicted octanol–water partition coefficient (Wildman–Crippen LogP) is 2.62. The van der Waals surface area contributed by atoms with E-state index in [-0.39, 0.29) is 11.3 Å². The molecule has 3 nitrogen and oxygen atoms in total. The van der Waals surface area contributed by atoms with Crippen molar-refractivity contribution in [3.05, 3.63) is 30.1 Å². The summed E-state index contributed by atoms with van der Waals surface area (Å²) in [7, 11) is 0. The molecule has 0 atom stereocenters. The number of carbonyl (C=O) groups excluding carboxylic acids is 1. The number of nitrogens with two attached hydrogens (primary N) is 1. The summed E-state index contributed by atoms with van der Waals surface area (Å²) in [4.78, 5) is 13.6. The van der Waals surface area contributed by atoms with Gasteiger partial charge in [0.05, 0.1) is 5.56 Å². The minimum atomic E-state index is -4.27. The fourth-order valence-corrected chi connectivity index (χ4v) is 0.530. The van der Waals surface area contributed by atoms with Crippen molar-refractivity contribution in [1.29, 1.82) is 0 Å². The van der Waals surface area contributed by atoms with E-state index in [2.05, 4.69) is 4.98 Å². The first kappa shape index (κ1) is 15.4. The zero-order valence-corrected chi connectivity index (χ0v) is 9.88. The van der Waals surface area contributed by atoms with Crippen LogP contribution in [0.5, 0.6) is 0 Å². The molecule has 6 heteroatoms. The summed E-state index contributed by atoms with van der Waals surface area (Å²) in [6, 6.07) is 2.23. The molecule has 1 amide bonds. The Morgan fingerprint density at radius 1 is 1.29 bits per heavy atom. The molecule has 1 aromatic heterocycles. The third-order valence-corrected chi connectivity index (χ3v) is 1.73. The van der Waals surface area contributed by atoms with Crippen LogP contribution in [0.1, 0.15) is 26.3 Å². The number of alkyl halides is 3. The van der Waals surface area contributed by atoms with E-state index in [0.29, 0.717) is 0 Å². The van der Waals surface area contributed by atoms with Crippen molar-refractivity contribution in [3.8, 4) is 0 Å². The van der Waals surface area contributed by atoms with E-state index < -0.39 is 11.7 Å². The van der Waals surface area contributed by atoms with E-state index in [1.807, 2.05) is 0 Å². The van der Waals surface area contributed by atoms with Gasteiger partial charge in [-0.05, 0) is 12.1 Å². The van der Waals surface area contributed by atoms with E-state index in [9.17, 15) is 18.0 Å². The van der Waals surface area contributed by atoms with Gasteiger partial charge in [-0.15, -0.1) is 0 Å². The second kappa shape index (κ2) is 5.65. The van der Waals surface area contributed by atoms with Crippen LogP contribution in [0.4, 0.5) is 13.2 Å². The van der Waals surface area contributed by atoms with Crippen molar-refractivity contribution < 1.29 is 18.0 Å². The molecule has 0 saturated carbocycles. The molecule has 0 spiro atoms. The van der Waals surface area contributed by atoms with E-state index in [4.69, 9.17) is 5.73 Å². The molecule has 0 aliphatic carbocycles. The first-order valence-corrected chi connectivity index (χ1v) is 4.82. The number of hydrogen-bond acceptors (Lipinski definition) is 2. The number of amides is 1. The van der Waals surface area contributed by atoms with Gasteiger partial charge >= 0.3 is 6.18 Å². The zero-order valence-electron chi connectivity index (χ0n) is 9.88. The summed E-state index contributed by atoms with van der Waals surface area (Å²) in [6.07, 6.45) is -2.18. The summed E-state index contributed by atoms with van der Waals surface area (Å²) in [5, 5.41) is 0. The number of aromatic nitrogens is 1. The lowest BCUT2D eigenvalue weighted by Crippen LogP contribution is -2.27. The highest BCUT2D eigenvalue weighted by Gasteiger charge is 2.30. The van der Waals surface area contributed by atoms with Crippen LogP contribution in [0.3, 0.4) is 0 Å². The van der Waals surface area contributed by atoms with Gasteiger partial charge in [-0.25, -0.2) is 0 Å². The third-order valence-electron chi connectivity index (χ3n) is 1.73. The number of carbonyl (C=O) groups is 1. The van der Waals surface area contributed by atoms with Gasteiger partial charge in [0.15, 0.2) is 0 Å². The quantitative estimate of drug-likeness (QED) is 0.767. The van der Waals surface area contributed by atoms with Crippen LogP contribution < -0.4 is 5.73 Å². The highest BCUT2D eigenvalue weighted by atomic mass is 19.4. The SMILES string of the molecule is CC(C)(C)C(N)=O.FC(F)(F)c1cccnc1. The molecule has 17 heavy (non-hydrogen) atoms. The first-order valence-electron chi connectivity index (χ1n) is 4.82. The van der Waals surface area contributed by atoms with Crippen molar-refractivity contribution in [2.24, 2.45) is 11.1 Å². The maximum atomic E-state index is 11.7. The van der Waals surface area contributed by atoms with E-state index in [0.717, 1.165) is 12.3 Å². The summed E-state index contributed by atoms with van der Waals surface area (Å²) in [5.74, 6) is -0.257. The van der Waals surface area contributed by atoms with Gasteiger partial charge < -0.3 is 5.73 Å². The maximum Gasteiger partial charge on any atom is 0.417 e. The second-order valence-corrected chi connectivity index (χ2v) is 4.35. The molecular weight excluding hydrogens is 233 g/mol. The lowest BCUT2D eigenvalue weighted by atomic mass is 9.96. The Morgan fingerprint density at radius 3 is 1.94 bits per heavy atom. The predicted molar refractivity (Wildman–Crippen MR) is 57.9 cm³/mol. The molecule has 96 valence electrons. The molecule has 0 aliphatic heterocycles. The lowest BCUT2D eigenvalue weighted by molar-refractivity contribution is -0.137. The molecule has 0 radical (unpaired) electrons. The smallest absolute Gasteiger partial charge is 0.369 e. The van der Waals surface area contributed by atoms with Crippen LogP contribution in [0, 0.1) is 5.41 Å². The largest absolute Gasteiger partial charge is 0.417 e. The Hall–Kier alpha value is -1.59. The minimum absolute atomic E-state index is 0.257. The Balaban J connectivity index is 0.000000325. The summed E-state index contributed by atoms with van der Waals surface area (Å²) >= 11 is 0. The number of hydrogen-bond donors (Lipinski definition) is 1. The van der Waals surface area contributed by atoms with Crippen LogP contribution in [0.15, 0.2) is 24.5 Å². The number of rotatable bonds is 0. The summed E-state index contributed by atoms with van der Waals surface area (Å²) in [6.45, 7) is 5.36. The Morgan fingerprint density at radius 2 is 1.76 bits per heavy atom. The molecule has 1 aromatic rings. The van der Waals surface area contributed by atoms with Gasteiger partial charge in [0.25, 0.3) is 0 Å². The van der Waals surface area contributed by atoms with Gasteiger partial charge in [0.1, 0.15) is 0 Å². The Kier molecular flexibility index (Phi) is 5.12. The van der Waals surface area contributed by atoms with Crippen molar-refractivity contribution in [2.75, 3.05) is 0 Å². The number of pyridine rings is 1. The van der Waals surface area contributed by atoms with Gasteiger partial charge in [0.2, 0.25) is 5.91 Å². The zero-order chi connectivity index (χ0) is 13.7. The molecule has 0 saturated heterocycles. The minimum Gasteiger partial charge on any atom is -0.369 e. The number of nitrogens with zero attached hydrogens (tertiary/aromatic N) is 1. The van der Waals surface area contributed by atoms with Gasteiger partial charge in [-0.2, -0.15) is 13.2 Å². The summed E-state index contributed by atoms with van der Waals surface area (Å²) in [5.41, 5.74) is 3.86. The number of halogens is 3. The van der Waals surface area contributed by atoms with Crippen LogP contribution in [0.25, 0.3) is 0 Å². The molecule has 0 bridgehead atoms. The van der Waals surface area contributed by atoms with Crippen LogP contribution in [-0.4, -0.2) is 10.9 Å². The molecule has 0 fully saturated rings. The number of primary amides is 1. The Labute approximate surface area is 97.8 Å². The third kappa shape index (κ3) is 6.55. The second-order valence-electron chi connectivity index (χ2n) is 4.35. The molecule has 0 aromatic carbocycles. The lowest BCUT2D eigenvalue weighted by Gasteiger charge is -2.10. The average Bonchev–Trinajstić information content (AvgIpc) is 2.17. The van der Waals surface area contributed by atoms with Gasteiger partial charge in [0, 0.05) is 17.8 Å². The fraction of sp³-hybridized carbons (Fsp3) is 0.455. The van der Waals surface area contributed by atoms with Crippen LogP contribution in [-0.2, 0) is 11.0 Å². The molecule has 0 unspecified atom stereocenters. The average molecular weight is 248 g/mol. The highest BCUT2D eigenvalue weighted by Crippen LogP contribution is 2.27. The molecule has 1 rings (SSSR count). The van der Waals surface area contributed by atoms with E-state index in [1.165, 1.54) is 12.3 Å². The van der Waals surface area contributed by atoms with Crippen molar-refractivity contribution in [1.82, 2.24) is 4.98 Å². The molecule has 0 aliphatic rings. The van der Waals surface area contributed by atoms with Crippen LogP contribution in [0.2, 0.25) is 0 Å². The van der Waals surface area contributed by atoms with Gasteiger partial charge in [-0.1, -0.05) is 20.8 Å². The highest BCUT2D eigenvalue weighted by molar-refractivity contribution is 5.79. The van der Waals surface area contributed by atoms with Crippen molar-refractivity contribution in [2.45, 2.75) is 26.9 Å². The Bertz CT molecular complexity index is 355. The molecule has 1 heterocycles. The fourth-order valence-electron chi connectivity index (χ4n) is 0.530. The topological polar surface area (TPSA) is 56.0 Å². The molecular formula is C11H15F3N2O. The van der Waals surface area contributed by atoms with Crippen molar-refractivity contribution in [3.63, 3.8) is 0 Å². The first-order chi connectivity index (χ1) is 7.55. The van der Waals surface area contributed by atoms with Crippen LogP contribution >= 0.6 is 0 Å².